The summed E-state index contributed by atoms with van der Waals surface area (Å²) >= 11 is 5.74. The molecule has 1 aromatic carbocycles. The van der Waals surface area contributed by atoms with E-state index < -0.39 is 11.8 Å². The van der Waals surface area contributed by atoms with Gasteiger partial charge in [0.05, 0.1) is 6.61 Å². The maximum Gasteiger partial charge on any atom is 0.357 e. The molecule has 3 nitrogen and oxygen atoms in total. The van der Waals surface area contributed by atoms with E-state index in [9.17, 15) is 9.18 Å². The zero-order valence-corrected chi connectivity index (χ0v) is 9.27. The number of hydrogen-bond donors (Lipinski definition) is 1. The van der Waals surface area contributed by atoms with Crippen LogP contribution in [0.2, 0.25) is 5.02 Å². The van der Waals surface area contributed by atoms with Crippen LogP contribution in [0, 0.1) is 5.82 Å². The number of hydrogen-bond acceptors (Lipinski definition) is 2. The summed E-state index contributed by atoms with van der Waals surface area (Å²) in [6.45, 7) is 1.86. The summed E-state index contributed by atoms with van der Waals surface area (Å²) in [7, 11) is 0. The number of aromatic amines is 1. The Morgan fingerprint density at radius 3 is 3.00 bits per heavy atom. The third-order valence-electron chi connectivity index (χ3n) is 2.18. The molecule has 0 saturated carbocycles. The molecular formula is C11H9ClFNO2. The number of benzene rings is 1. The number of carbonyl (C=O) groups excluding carboxylic acids is 1. The van der Waals surface area contributed by atoms with E-state index in [1.165, 1.54) is 6.07 Å². The monoisotopic (exact) mass is 241 g/mol. The molecule has 0 bridgehead atoms. The van der Waals surface area contributed by atoms with Crippen molar-refractivity contribution in [1.82, 2.24) is 4.98 Å². The summed E-state index contributed by atoms with van der Waals surface area (Å²) in [6, 6.07) is 4.70. The summed E-state index contributed by atoms with van der Waals surface area (Å²) in [6.07, 6.45) is 0. The van der Waals surface area contributed by atoms with Crippen molar-refractivity contribution in [1.29, 1.82) is 0 Å². The maximum atomic E-state index is 13.8. The second-order valence-corrected chi connectivity index (χ2v) is 3.66. The fraction of sp³-hybridized carbons (Fsp3) is 0.182. The lowest BCUT2D eigenvalue weighted by molar-refractivity contribution is 0.0515. The van der Waals surface area contributed by atoms with Gasteiger partial charge >= 0.3 is 5.97 Å². The molecular weight excluding hydrogens is 233 g/mol. The molecule has 0 spiro atoms. The molecule has 0 aliphatic carbocycles. The van der Waals surface area contributed by atoms with Crippen molar-refractivity contribution in [3.05, 3.63) is 34.7 Å². The number of halogens is 2. The molecule has 0 unspecified atom stereocenters. The van der Waals surface area contributed by atoms with Crippen LogP contribution in [-0.4, -0.2) is 17.6 Å². The molecule has 2 rings (SSSR count). The summed E-state index contributed by atoms with van der Waals surface area (Å²) in [4.78, 5) is 14.1. The quantitative estimate of drug-likeness (QED) is 0.821. The van der Waals surface area contributed by atoms with E-state index >= 15 is 0 Å². The van der Waals surface area contributed by atoms with Crippen molar-refractivity contribution in [2.45, 2.75) is 6.92 Å². The summed E-state index contributed by atoms with van der Waals surface area (Å²) in [5, 5.41) is 0.705. The Bertz CT molecular complexity index is 550. The smallest absolute Gasteiger partial charge is 0.357 e. The fourth-order valence-corrected chi connectivity index (χ4v) is 1.65. The Labute approximate surface area is 96.2 Å². The lowest BCUT2D eigenvalue weighted by Crippen LogP contribution is -2.06. The summed E-state index contributed by atoms with van der Waals surface area (Å²) < 4.78 is 18.5. The number of esters is 1. The number of rotatable bonds is 2. The molecule has 2 aromatic rings. The van der Waals surface area contributed by atoms with Crippen molar-refractivity contribution in [2.24, 2.45) is 0 Å². The van der Waals surface area contributed by atoms with Gasteiger partial charge < -0.3 is 9.72 Å². The number of carbonyl (C=O) groups is 1. The van der Waals surface area contributed by atoms with Gasteiger partial charge in [0.15, 0.2) is 11.5 Å². The minimum Gasteiger partial charge on any atom is -0.461 e. The Morgan fingerprint density at radius 2 is 2.31 bits per heavy atom. The molecule has 0 aliphatic rings. The molecule has 16 heavy (non-hydrogen) atoms. The molecule has 5 heteroatoms. The van der Waals surface area contributed by atoms with E-state index in [2.05, 4.69) is 4.98 Å². The average Bonchev–Trinajstić information content (AvgIpc) is 2.57. The minimum absolute atomic E-state index is 0.167. The number of aromatic nitrogens is 1. The van der Waals surface area contributed by atoms with E-state index in [0.29, 0.717) is 10.5 Å². The van der Waals surface area contributed by atoms with Gasteiger partial charge in [0.2, 0.25) is 0 Å². The maximum absolute atomic E-state index is 13.8. The zero-order valence-electron chi connectivity index (χ0n) is 8.51. The normalized spacial score (nSPS) is 10.7. The van der Waals surface area contributed by atoms with Crippen molar-refractivity contribution in [3.63, 3.8) is 0 Å². The summed E-state index contributed by atoms with van der Waals surface area (Å²) in [5.74, 6) is -1.33. The van der Waals surface area contributed by atoms with Crippen LogP contribution in [0.5, 0.6) is 0 Å². The van der Waals surface area contributed by atoms with Crippen molar-refractivity contribution < 1.29 is 13.9 Å². The highest BCUT2D eigenvalue weighted by Gasteiger charge is 2.18. The van der Waals surface area contributed by atoms with E-state index in [0.717, 1.165) is 0 Å². The number of nitrogens with one attached hydrogen (secondary N) is 1. The SMILES string of the molecule is CCOC(=O)c1[nH]c2ccc(Cl)cc2c1F. The minimum atomic E-state index is -0.702. The predicted octanol–water partition coefficient (Wildman–Crippen LogP) is 3.14. The first kappa shape index (κ1) is 11.0. The van der Waals surface area contributed by atoms with Gasteiger partial charge in [-0.15, -0.1) is 0 Å². The molecule has 0 aliphatic heterocycles. The first-order valence-electron chi connectivity index (χ1n) is 4.77. The Hall–Kier alpha value is -1.55. The van der Waals surface area contributed by atoms with Crippen molar-refractivity contribution >= 4 is 28.5 Å². The third kappa shape index (κ3) is 1.76. The number of ether oxygens (including phenoxy) is 1. The molecule has 0 saturated heterocycles. The highest BCUT2D eigenvalue weighted by molar-refractivity contribution is 6.31. The number of fused-ring (bicyclic) bond motifs is 1. The highest BCUT2D eigenvalue weighted by Crippen LogP contribution is 2.24. The molecule has 1 aromatic heterocycles. The lowest BCUT2D eigenvalue weighted by Gasteiger charge is -1.97. The second-order valence-electron chi connectivity index (χ2n) is 3.22. The van der Waals surface area contributed by atoms with Crippen LogP contribution in [0.4, 0.5) is 4.39 Å². The van der Waals surface area contributed by atoms with Crippen LogP contribution >= 0.6 is 11.6 Å². The van der Waals surface area contributed by atoms with E-state index in [1.54, 1.807) is 19.1 Å². The van der Waals surface area contributed by atoms with Gasteiger partial charge in [-0.25, -0.2) is 9.18 Å². The van der Waals surface area contributed by atoms with Gasteiger partial charge in [0.1, 0.15) is 0 Å². The molecule has 0 fully saturated rings. The van der Waals surface area contributed by atoms with Gasteiger partial charge in [0, 0.05) is 15.9 Å². The van der Waals surface area contributed by atoms with E-state index in [1.807, 2.05) is 0 Å². The predicted molar refractivity (Wildman–Crippen MR) is 59.2 cm³/mol. The largest absolute Gasteiger partial charge is 0.461 e. The van der Waals surface area contributed by atoms with Gasteiger partial charge in [-0.3, -0.25) is 0 Å². The number of H-pyrrole nitrogens is 1. The van der Waals surface area contributed by atoms with Gasteiger partial charge in [-0.2, -0.15) is 0 Å². The first-order chi connectivity index (χ1) is 7.63. The Morgan fingerprint density at radius 1 is 1.56 bits per heavy atom. The lowest BCUT2D eigenvalue weighted by atomic mass is 10.2. The zero-order chi connectivity index (χ0) is 11.7. The first-order valence-corrected chi connectivity index (χ1v) is 5.15. The fourth-order valence-electron chi connectivity index (χ4n) is 1.48. The highest BCUT2D eigenvalue weighted by atomic mass is 35.5. The van der Waals surface area contributed by atoms with Crippen LogP contribution in [0.1, 0.15) is 17.4 Å². The molecule has 0 atom stereocenters. The van der Waals surface area contributed by atoms with Gasteiger partial charge in [0.25, 0.3) is 0 Å². The van der Waals surface area contributed by atoms with E-state index in [4.69, 9.17) is 16.3 Å². The molecule has 0 radical (unpaired) electrons. The average molecular weight is 242 g/mol. The van der Waals surface area contributed by atoms with Crippen LogP contribution < -0.4 is 0 Å². The van der Waals surface area contributed by atoms with Gasteiger partial charge in [-0.05, 0) is 25.1 Å². The molecule has 0 amide bonds. The summed E-state index contributed by atoms with van der Waals surface area (Å²) in [5.41, 5.74) is 0.351. The van der Waals surface area contributed by atoms with Crippen molar-refractivity contribution in [3.8, 4) is 0 Å². The van der Waals surface area contributed by atoms with E-state index in [-0.39, 0.29) is 17.7 Å². The Kier molecular flexibility index (Phi) is 2.83. The Balaban J connectivity index is 2.56. The standard InChI is InChI=1S/C11H9ClFNO2/c1-2-16-11(15)10-9(13)7-5-6(12)3-4-8(7)14-10/h3-5,14H,2H2,1H3. The van der Waals surface area contributed by atoms with Crippen LogP contribution in [0.15, 0.2) is 18.2 Å². The van der Waals surface area contributed by atoms with Crippen molar-refractivity contribution in [2.75, 3.05) is 6.61 Å². The molecule has 1 N–H and O–H groups in total. The topological polar surface area (TPSA) is 42.1 Å². The van der Waals surface area contributed by atoms with Gasteiger partial charge in [-0.1, -0.05) is 11.6 Å². The van der Waals surface area contributed by atoms with Crippen LogP contribution in [-0.2, 0) is 4.74 Å². The molecule has 84 valence electrons. The van der Waals surface area contributed by atoms with Crippen LogP contribution in [0.25, 0.3) is 10.9 Å². The van der Waals surface area contributed by atoms with Crippen LogP contribution in [0.3, 0.4) is 0 Å². The molecule has 1 heterocycles. The third-order valence-corrected chi connectivity index (χ3v) is 2.41. The second kappa shape index (κ2) is 4.14.